The molecular weight excluding hydrogens is 347 g/mol. The van der Waals surface area contributed by atoms with Crippen LogP contribution < -0.4 is 10.9 Å². The number of halogens is 2. The third-order valence-corrected chi connectivity index (χ3v) is 3.31. The zero-order valence-corrected chi connectivity index (χ0v) is 12.6. The maximum absolute atomic E-state index is 13.8. The van der Waals surface area contributed by atoms with Gasteiger partial charge in [0.2, 0.25) is 0 Å². The highest BCUT2D eigenvalue weighted by Gasteiger charge is 2.23. The maximum atomic E-state index is 13.8. The number of hydrogen-bond donors (Lipinski definition) is 2. The largest absolute Gasteiger partial charge is 0.504 e. The van der Waals surface area contributed by atoms with Gasteiger partial charge in [-0.05, 0) is 35.0 Å². The molecule has 2 aromatic heterocycles. The van der Waals surface area contributed by atoms with E-state index in [0.29, 0.717) is 4.60 Å². The molecule has 2 heterocycles. The van der Waals surface area contributed by atoms with E-state index in [4.69, 9.17) is 0 Å². The highest BCUT2D eigenvalue weighted by molar-refractivity contribution is 9.10. The Morgan fingerprint density at radius 3 is 2.67 bits per heavy atom. The topological polar surface area (TPSA) is 97.1 Å². The Labute approximate surface area is 126 Å². The number of rotatable bonds is 2. The predicted molar refractivity (Wildman–Crippen MR) is 75.7 cm³/mol. The fraction of sp³-hybridized carbons (Fsp3) is 0.167. The number of amides is 1. The van der Waals surface area contributed by atoms with Crippen molar-refractivity contribution in [3.63, 3.8) is 0 Å². The first-order chi connectivity index (χ1) is 9.82. The first-order valence-electron chi connectivity index (χ1n) is 5.71. The summed E-state index contributed by atoms with van der Waals surface area (Å²) in [5.41, 5.74) is -1.57. The fourth-order valence-corrected chi connectivity index (χ4v) is 1.83. The van der Waals surface area contributed by atoms with Crippen LogP contribution in [-0.4, -0.2) is 25.8 Å². The van der Waals surface area contributed by atoms with Gasteiger partial charge in [-0.2, -0.15) is 0 Å². The Balaban J connectivity index is 2.45. The molecule has 110 valence electrons. The highest BCUT2D eigenvalue weighted by atomic mass is 79.9. The van der Waals surface area contributed by atoms with E-state index in [1.807, 2.05) is 0 Å². The third-order valence-electron chi connectivity index (χ3n) is 2.88. The van der Waals surface area contributed by atoms with Crippen LogP contribution in [0.2, 0.25) is 0 Å². The van der Waals surface area contributed by atoms with Crippen molar-refractivity contribution in [3.8, 4) is 5.75 Å². The van der Waals surface area contributed by atoms with Crippen LogP contribution in [0.3, 0.4) is 0 Å². The van der Waals surface area contributed by atoms with Crippen LogP contribution in [0.1, 0.15) is 16.1 Å². The molecule has 0 bridgehead atoms. The van der Waals surface area contributed by atoms with Gasteiger partial charge in [-0.3, -0.25) is 9.59 Å². The summed E-state index contributed by atoms with van der Waals surface area (Å²) >= 11 is 3.08. The van der Waals surface area contributed by atoms with E-state index in [1.54, 1.807) is 0 Å². The zero-order valence-electron chi connectivity index (χ0n) is 11.0. The van der Waals surface area contributed by atoms with E-state index in [1.165, 1.54) is 26.1 Å². The predicted octanol–water partition coefficient (Wildman–Crippen LogP) is 1.34. The molecule has 0 aliphatic heterocycles. The monoisotopic (exact) mass is 356 g/mol. The quantitative estimate of drug-likeness (QED) is 0.846. The number of aromatic hydroxyl groups is 1. The second-order valence-corrected chi connectivity index (χ2v) is 5.00. The molecule has 0 atom stereocenters. The zero-order chi connectivity index (χ0) is 15.7. The minimum atomic E-state index is -1.02. The minimum Gasteiger partial charge on any atom is -0.504 e. The Hall–Kier alpha value is -2.29. The molecule has 0 fully saturated rings. The van der Waals surface area contributed by atoms with Gasteiger partial charge in [0.1, 0.15) is 10.2 Å². The van der Waals surface area contributed by atoms with Crippen LogP contribution in [-0.2, 0) is 7.05 Å². The molecule has 0 aliphatic rings. The molecule has 9 heteroatoms. The number of nitrogens with one attached hydrogen (secondary N) is 1. The van der Waals surface area contributed by atoms with Gasteiger partial charge < -0.3 is 15.0 Å². The summed E-state index contributed by atoms with van der Waals surface area (Å²) < 4.78 is 15.2. The van der Waals surface area contributed by atoms with Gasteiger partial charge >= 0.3 is 0 Å². The van der Waals surface area contributed by atoms with Crippen molar-refractivity contribution in [2.45, 2.75) is 6.92 Å². The summed E-state index contributed by atoms with van der Waals surface area (Å²) in [4.78, 5) is 24.0. The maximum Gasteiger partial charge on any atom is 0.267 e. The lowest BCUT2D eigenvalue weighted by Crippen LogP contribution is -2.30. The third kappa shape index (κ3) is 2.77. The van der Waals surface area contributed by atoms with Crippen LogP contribution in [0.25, 0.3) is 0 Å². The molecule has 2 aromatic rings. The molecule has 0 spiro atoms. The average Bonchev–Trinajstić information content (AvgIpc) is 2.46. The number of hydrogen-bond acceptors (Lipinski definition) is 5. The number of pyridine rings is 1. The van der Waals surface area contributed by atoms with Crippen molar-refractivity contribution < 1.29 is 14.3 Å². The molecule has 7 nitrogen and oxygen atoms in total. The molecule has 21 heavy (non-hydrogen) atoms. The summed E-state index contributed by atoms with van der Waals surface area (Å²) in [5.74, 6) is -2.92. The molecule has 0 unspecified atom stereocenters. The van der Waals surface area contributed by atoms with Gasteiger partial charge in [0.25, 0.3) is 11.5 Å². The minimum absolute atomic E-state index is 0.0608. The molecule has 2 rings (SSSR count). The second kappa shape index (κ2) is 5.60. The molecule has 2 N–H and O–H groups in total. The van der Waals surface area contributed by atoms with Crippen LogP contribution in [0.5, 0.6) is 5.75 Å². The van der Waals surface area contributed by atoms with E-state index in [0.717, 1.165) is 4.57 Å². The van der Waals surface area contributed by atoms with E-state index >= 15 is 0 Å². The lowest BCUT2D eigenvalue weighted by Gasteiger charge is -2.11. The number of nitrogens with zero attached hydrogens (tertiary/aromatic N) is 3. The summed E-state index contributed by atoms with van der Waals surface area (Å²) in [6, 6.07) is 2.96. The van der Waals surface area contributed by atoms with E-state index in [-0.39, 0.29) is 11.5 Å². The van der Waals surface area contributed by atoms with Crippen molar-refractivity contribution in [1.29, 1.82) is 0 Å². The first-order valence-corrected chi connectivity index (χ1v) is 6.51. The summed E-state index contributed by atoms with van der Waals surface area (Å²) in [6.45, 7) is 1.32. The number of anilines is 1. The van der Waals surface area contributed by atoms with Crippen LogP contribution in [0, 0.1) is 12.7 Å². The number of aromatic nitrogens is 3. The van der Waals surface area contributed by atoms with Crippen LogP contribution in [0.15, 0.2) is 21.5 Å². The van der Waals surface area contributed by atoms with Gasteiger partial charge in [0.05, 0.1) is 5.69 Å². The molecule has 0 aromatic carbocycles. The number of carbonyl (C=O) groups is 1. The van der Waals surface area contributed by atoms with Crippen molar-refractivity contribution in [3.05, 3.63) is 44.2 Å². The average molecular weight is 357 g/mol. The van der Waals surface area contributed by atoms with Crippen molar-refractivity contribution in [2.24, 2.45) is 7.05 Å². The number of carbonyl (C=O) groups excluding carboxylic acids is 1. The Morgan fingerprint density at radius 1 is 1.43 bits per heavy atom. The molecule has 0 aliphatic carbocycles. The van der Waals surface area contributed by atoms with Crippen molar-refractivity contribution in [1.82, 2.24) is 14.8 Å². The van der Waals surface area contributed by atoms with E-state index < -0.39 is 28.6 Å². The summed E-state index contributed by atoms with van der Waals surface area (Å²) in [7, 11) is 1.30. The SMILES string of the molecule is Cc1c(F)c(O)c(C(=O)Nc2ccc(Br)nn2)c(=O)n1C. The highest BCUT2D eigenvalue weighted by Crippen LogP contribution is 2.21. The van der Waals surface area contributed by atoms with Gasteiger partial charge in [0.15, 0.2) is 17.4 Å². The Kier molecular flexibility index (Phi) is 4.03. The van der Waals surface area contributed by atoms with Crippen LogP contribution >= 0.6 is 15.9 Å². The second-order valence-electron chi connectivity index (χ2n) is 4.18. The fourth-order valence-electron chi connectivity index (χ4n) is 1.62. The summed E-state index contributed by atoms with van der Waals surface area (Å²) in [6.07, 6.45) is 0. The first kappa shape index (κ1) is 15.1. The van der Waals surface area contributed by atoms with Gasteiger partial charge in [-0.25, -0.2) is 4.39 Å². The summed E-state index contributed by atoms with van der Waals surface area (Å²) in [5, 5.41) is 19.3. The van der Waals surface area contributed by atoms with Crippen LogP contribution in [0.4, 0.5) is 10.2 Å². The molecule has 0 saturated heterocycles. The van der Waals surface area contributed by atoms with Crippen molar-refractivity contribution >= 4 is 27.7 Å². The van der Waals surface area contributed by atoms with Crippen molar-refractivity contribution in [2.75, 3.05) is 5.32 Å². The van der Waals surface area contributed by atoms with E-state index in [9.17, 15) is 19.1 Å². The molecule has 1 amide bonds. The lowest BCUT2D eigenvalue weighted by molar-refractivity contribution is 0.102. The molecular formula is C12H10BrFN4O3. The Bertz CT molecular complexity index is 774. The smallest absolute Gasteiger partial charge is 0.267 e. The standard InChI is InChI=1S/C12H10BrFN4O3/c1-5-9(14)10(19)8(12(21)18(5)2)11(20)15-7-4-3-6(13)16-17-7/h3-4,19H,1-2H3,(H,15,17,20). The van der Waals surface area contributed by atoms with Gasteiger partial charge in [-0.15, -0.1) is 10.2 Å². The normalized spacial score (nSPS) is 10.5. The van der Waals surface area contributed by atoms with Gasteiger partial charge in [0, 0.05) is 7.05 Å². The lowest BCUT2D eigenvalue weighted by atomic mass is 10.2. The van der Waals surface area contributed by atoms with Gasteiger partial charge in [-0.1, -0.05) is 0 Å². The molecule has 0 saturated carbocycles. The molecule has 0 radical (unpaired) electrons. The Morgan fingerprint density at radius 2 is 2.10 bits per heavy atom. The van der Waals surface area contributed by atoms with E-state index in [2.05, 4.69) is 31.4 Å².